The SMILES string of the molecule is CCCC(NC)C(C)c1ccc(F)cc1Br. The number of rotatable bonds is 5. The first-order valence-electron chi connectivity index (χ1n) is 5.72. The minimum absolute atomic E-state index is 0.195. The van der Waals surface area contributed by atoms with E-state index in [-0.39, 0.29) is 5.82 Å². The summed E-state index contributed by atoms with van der Waals surface area (Å²) in [5.41, 5.74) is 1.16. The Labute approximate surface area is 106 Å². The monoisotopic (exact) mass is 287 g/mol. The Balaban J connectivity index is 2.89. The predicted molar refractivity (Wildman–Crippen MR) is 70.3 cm³/mol. The van der Waals surface area contributed by atoms with Crippen LogP contribution in [0.1, 0.15) is 38.2 Å². The van der Waals surface area contributed by atoms with Crippen molar-refractivity contribution in [3.63, 3.8) is 0 Å². The zero-order chi connectivity index (χ0) is 12.1. The molecule has 0 saturated carbocycles. The summed E-state index contributed by atoms with van der Waals surface area (Å²) >= 11 is 3.43. The Hall–Kier alpha value is -0.410. The molecule has 0 aliphatic heterocycles. The molecule has 1 rings (SSSR count). The lowest BCUT2D eigenvalue weighted by molar-refractivity contribution is 0.450. The van der Waals surface area contributed by atoms with Crippen molar-refractivity contribution < 1.29 is 4.39 Å². The van der Waals surface area contributed by atoms with Gasteiger partial charge in [0.15, 0.2) is 0 Å². The molecule has 1 aromatic carbocycles. The van der Waals surface area contributed by atoms with Crippen LogP contribution in [0.3, 0.4) is 0 Å². The second-order valence-corrected chi connectivity index (χ2v) is 4.99. The van der Waals surface area contributed by atoms with Crippen LogP contribution >= 0.6 is 15.9 Å². The molecule has 1 N–H and O–H groups in total. The van der Waals surface area contributed by atoms with Gasteiger partial charge in [0, 0.05) is 10.5 Å². The van der Waals surface area contributed by atoms with E-state index in [9.17, 15) is 4.39 Å². The third-order valence-corrected chi connectivity index (χ3v) is 3.71. The second-order valence-electron chi connectivity index (χ2n) is 4.14. The summed E-state index contributed by atoms with van der Waals surface area (Å²) < 4.78 is 13.9. The number of nitrogens with one attached hydrogen (secondary N) is 1. The molecule has 0 bridgehead atoms. The van der Waals surface area contributed by atoms with E-state index in [4.69, 9.17) is 0 Å². The molecule has 2 unspecified atom stereocenters. The molecule has 1 nitrogen and oxygen atoms in total. The van der Waals surface area contributed by atoms with Crippen molar-refractivity contribution >= 4 is 15.9 Å². The molecule has 0 fully saturated rings. The van der Waals surface area contributed by atoms with Crippen LogP contribution in [0.15, 0.2) is 22.7 Å². The summed E-state index contributed by atoms with van der Waals surface area (Å²) in [5, 5.41) is 3.33. The summed E-state index contributed by atoms with van der Waals surface area (Å²) in [5.74, 6) is 0.180. The number of likely N-dealkylation sites (N-methyl/N-ethyl adjacent to an activating group) is 1. The summed E-state index contributed by atoms with van der Waals surface area (Å²) in [6.07, 6.45) is 2.27. The third-order valence-electron chi connectivity index (χ3n) is 3.03. The molecule has 0 spiro atoms. The van der Waals surface area contributed by atoms with Gasteiger partial charge >= 0.3 is 0 Å². The predicted octanol–water partition coefficient (Wildman–Crippen LogP) is 4.08. The van der Waals surface area contributed by atoms with E-state index in [1.165, 1.54) is 12.1 Å². The maximum absolute atomic E-state index is 13.0. The van der Waals surface area contributed by atoms with Gasteiger partial charge in [-0.15, -0.1) is 0 Å². The highest BCUT2D eigenvalue weighted by Crippen LogP contribution is 2.29. The molecule has 0 aliphatic carbocycles. The van der Waals surface area contributed by atoms with E-state index in [0.717, 1.165) is 22.9 Å². The molecular weight excluding hydrogens is 269 g/mol. The van der Waals surface area contributed by atoms with Crippen molar-refractivity contribution in [2.24, 2.45) is 0 Å². The molecule has 0 radical (unpaired) electrons. The Morgan fingerprint density at radius 3 is 2.62 bits per heavy atom. The summed E-state index contributed by atoms with van der Waals surface area (Å²) in [7, 11) is 1.98. The second kappa shape index (κ2) is 6.36. The molecule has 16 heavy (non-hydrogen) atoms. The first kappa shape index (κ1) is 13.7. The van der Waals surface area contributed by atoms with Crippen LogP contribution in [-0.2, 0) is 0 Å². The quantitative estimate of drug-likeness (QED) is 0.861. The van der Waals surface area contributed by atoms with Gasteiger partial charge in [-0.1, -0.05) is 42.3 Å². The van der Waals surface area contributed by atoms with E-state index in [0.29, 0.717) is 12.0 Å². The van der Waals surface area contributed by atoms with Gasteiger partial charge in [-0.25, -0.2) is 4.39 Å². The highest BCUT2D eigenvalue weighted by atomic mass is 79.9. The number of hydrogen-bond acceptors (Lipinski definition) is 1. The zero-order valence-electron chi connectivity index (χ0n) is 10.1. The summed E-state index contributed by atoms with van der Waals surface area (Å²) in [4.78, 5) is 0. The molecule has 0 heterocycles. The summed E-state index contributed by atoms with van der Waals surface area (Å²) in [6, 6.07) is 5.36. The average Bonchev–Trinajstić information content (AvgIpc) is 2.25. The lowest BCUT2D eigenvalue weighted by Gasteiger charge is -2.24. The fourth-order valence-electron chi connectivity index (χ4n) is 2.04. The van der Waals surface area contributed by atoms with Crippen LogP contribution in [0.4, 0.5) is 4.39 Å². The third kappa shape index (κ3) is 3.29. The molecular formula is C13H19BrFN. The van der Waals surface area contributed by atoms with Crippen LogP contribution in [0.25, 0.3) is 0 Å². The van der Waals surface area contributed by atoms with E-state index >= 15 is 0 Å². The van der Waals surface area contributed by atoms with Crippen LogP contribution < -0.4 is 5.32 Å². The highest BCUT2D eigenvalue weighted by Gasteiger charge is 2.18. The minimum Gasteiger partial charge on any atom is -0.316 e. The van der Waals surface area contributed by atoms with Crippen molar-refractivity contribution in [1.29, 1.82) is 0 Å². The largest absolute Gasteiger partial charge is 0.316 e. The molecule has 90 valence electrons. The fourth-order valence-corrected chi connectivity index (χ4v) is 2.75. The van der Waals surface area contributed by atoms with E-state index in [2.05, 4.69) is 35.1 Å². The smallest absolute Gasteiger partial charge is 0.124 e. The molecule has 0 saturated heterocycles. The van der Waals surface area contributed by atoms with Crippen LogP contribution in [0.2, 0.25) is 0 Å². The van der Waals surface area contributed by atoms with Gasteiger partial charge in [0.25, 0.3) is 0 Å². The molecule has 0 aromatic heterocycles. The molecule has 2 atom stereocenters. The zero-order valence-corrected chi connectivity index (χ0v) is 11.6. The fraction of sp³-hybridized carbons (Fsp3) is 0.538. The highest BCUT2D eigenvalue weighted by molar-refractivity contribution is 9.10. The molecule has 0 amide bonds. The summed E-state index contributed by atoms with van der Waals surface area (Å²) in [6.45, 7) is 4.35. The maximum Gasteiger partial charge on any atom is 0.124 e. The van der Waals surface area contributed by atoms with Gasteiger partial charge < -0.3 is 5.32 Å². The number of hydrogen-bond donors (Lipinski definition) is 1. The molecule has 1 aromatic rings. The van der Waals surface area contributed by atoms with Crippen molar-refractivity contribution in [3.8, 4) is 0 Å². The van der Waals surface area contributed by atoms with Crippen LogP contribution in [-0.4, -0.2) is 13.1 Å². The number of benzene rings is 1. The Bertz CT molecular complexity index is 341. The number of halogens is 2. The standard InChI is InChI=1S/C13H19BrFN/c1-4-5-13(16-3)9(2)11-7-6-10(15)8-12(11)14/h6-9,13,16H,4-5H2,1-3H3. The van der Waals surface area contributed by atoms with Crippen LogP contribution in [0, 0.1) is 5.82 Å². The Kier molecular flexibility index (Phi) is 5.42. The maximum atomic E-state index is 13.0. The topological polar surface area (TPSA) is 12.0 Å². The van der Waals surface area contributed by atoms with Gasteiger partial charge in [-0.3, -0.25) is 0 Å². The first-order chi connectivity index (χ1) is 7.60. The van der Waals surface area contributed by atoms with Crippen molar-refractivity contribution in [2.75, 3.05) is 7.05 Å². The van der Waals surface area contributed by atoms with Gasteiger partial charge in [0.1, 0.15) is 5.82 Å². The van der Waals surface area contributed by atoms with Gasteiger partial charge in [0.2, 0.25) is 0 Å². The molecule has 0 aliphatic rings. The van der Waals surface area contributed by atoms with Gasteiger partial charge in [0.05, 0.1) is 0 Å². The lowest BCUT2D eigenvalue weighted by atomic mass is 9.90. The van der Waals surface area contributed by atoms with Crippen LogP contribution in [0.5, 0.6) is 0 Å². The van der Waals surface area contributed by atoms with Gasteiger partial charge in [-0.2, -0.15) is 0 Å². The van der Waals surface area contributed by atoms with E-state index in [1.807, 2.05) is 13.1 Å². The van der Waals surface area contributed by atoms with E-state index in [1.54, 1.807) is 0 Å². The van der Waals surface area contributed by atoms with Crippen molar-refractivity contribution in [2.45, 2.75) is 38.6 Å². The first-order valence-corrected chi connectivity index (χ1v) is 6.51. The van der Waals surface area contributed by atoms with Crippen molar-refractivity contribution in [1.82, 2.24) is 5.32 Å². The minimum atomic E-state index is -0.195. The normalized spacial score (nSPS) is 14.8. The van der Waals surface area contributed by atoms with Crippen molar-refractivity contribution in [3.05, 3.63) is 34.1 Å². The molecule has 3 heteroatoms. The van der Waals surface area contributed by atoms with Gasteiger partial charge in [-0.05, 0) is 37.1 Å². The average molecular weight is 288 g/mol. The van der Waals surface area contributed by atoms with E-state index < -0.39 is 0 Å². The Morgan fingerprint density at radius 1 is 1.44 bits per heavy atom. The Morgan fingerprint density at radius 2 is 2.12 bits per heavy atom. The lowest BCUT2D eigenvalue weighted by Crippen LogP contribution is -2.30.